The van der Waals surface area contributed by atoms with Crippen LogP contribution in [0.5, 0.6) is 0 Å². The van der Waals surface area contributed by atoms with Gasteiger partial charge in [0.2, 0.25) is 0 Å². The number of Topliss-reactive ketones (excluding diaryl/α,β-unsaturated/α-hetero) is 1. The van der Waals surface area contributed by atoms with Crippen molar-refractivity contribution in [3.63, 3.8) is 0 Å². The average Bonchev–Trinajstić information content (AvgIpc) is 3.23. The number of nitrogens with one attached hydrogen (secondary N) is 1. The van der Waals surface area contributed by atoms with E-state index in [1.165, 1.54) is 28.1 Å². The smallest absolute Gasteiger partial charge is 0.408 e. The fourth-order valence-corrected chi connectivity index (χ4v) is 10.4. The highest BCUT2D eigenvalue weighted by Gasteiger charge is 2.78. The molecule has 3 aliphatic carbocycles. The molecule has 1 unspecified atom stereocenters. The number of benzene rings is 2. The van der Waals surface area contributed by atoms with Gasteiger partial charge in [-0.25, -0.2) is 14.4 Å². The predicted molar refractivity (Wildman–Crippen MR) is 240 cm³/mol. The summed E-state index contributed by atoms with van der Waals surface area (Å²) in [6.07, 6.45) is -9.29. The number of amides is 1. The lowest BCUT2D eigenvalue weighted by molar-refractivity contribution is -0.347. The minimum atomic E-state index is -2.22. The van der Waals surface area contributed by atoms with E-state index >= 15 is 4.79 Å². The summed E-state index contributed by atoms with van der Waals surface area (Å²) < 4.78 is 47.0. The molecule has 6 rings (SSSR count). The minimum Gasteiger partial charge on any atom is -0.463 e. The standard InChI is InChI=1S/C45H57NO14.C5H10O2/c1-24-28(57-39(51)33(48)32(26-17-13-11-14-18-26)46-40(52)60-41(3,4)5)22-45(53)37(58-38(50)27-19-15-12-16-20-27)35-43(8,36(49)34(55-10)31(24)42(45,6)7)29(54-9)21-30-44(35,23-56-30)59-25(2)47;1-4(2)7-5(3)6/h11-20,28-30,32-35,37,48,53H,21-23H2,1-10H3,(H,46,52);4H,1-3H3/t28-,29-,30+,32-,33+,34+,35?,37-,43+,44-,45+;/m0./s1. The number of carbonyl (C=O) groups is 6. The second-order valence-electron chi connectivity index (χ2n) is 19.7. The van der Waals surface area contributed by atoms with Crippen molar-refractivity contribution < 1.29 is 76.9 Å². The van der Waals surface area contributed by atoms with E-state index in [1.807, 2.05) is 13.8 Å². The number of carbonyl (C=O) groups excluding carboxylic acids is 6. The summed E-state index contributed by atoms with van der Waals surface area (Å²) in [6.45, 7) is 17.7. The summed E-state index contributed by atoms with van der Waals surface area (Å²) in [4.78, 5) is 80.1. The molecule has 1 saturated heterocycles. The molecule has 0 spiro atoms. The van der Waals surface area contributed by atoms with Gasteiger partial charge in [-0.05, 0) is 77.3 Å². The number of ether oxygens (including phenoxy) is 8. The van der Waals surface area contributed by atoms with Gasteiger partial charge in [-0.3, -0.25) is 14.4 Å². The van der Waals surface area contributed by atoms with E-state index in [4.69, 9.17) is 33.2 Å². The van der Waals surface area contributed by atoms with Gasteiger partial charge >= 0.3 is 30.0 Å². The van der Waals surface area contributed by atoms with Gasteiger partial charge in [0.1, 0.15) is 35.6 Å². The van der Waals surface area contributed by atoms with Crippen LogP contribution in [0.2, 0.25) is 0 Å². The van der Waals surface area contributed by atoms with Crippen molar-refractivity contribution in [2.75, 3.05) is 20.8 Å². The molecule has 3 fully saturated rings. The van der Waals surface area contributed by atoms with E-state index in [0.29, 0.717) is 11.1 Å². The van der Waals surface area contributed by atoms with Crippen molar-refractivity contribution >= 4 is 35.8 Å². The fourth-order valence-electron chi connectivity index (χ4n) is 10.4. The van der Waals surface area contributed by atoms with Crippen LogP contribution in [0, 0.1) is 16.7 Å². The third kappa shape index (κ3) is 10.3. The summed E-state index contributed by atoms with van der Waals surface area (Å²) in [6, 6.07) is 15.1. The van der Waals surface area contributed by atoms with Crippen LogP contribution < -0.4 is 5.32 Å². The lowest BCUT2D eigenvalue weighted by Gasteiger charge is -2.67. The van der Waals surface area contributed by atoms with Crippen LogP contribution >= 0.6 is 0 Å². The van der Waals surface area contributed by atoms with Crippen molar-refractivity contribution in [3.05, 3.63) is 82.9 Å². The zero-order valence-corrected chi connectivity index (χ0v) is 40.7. The zero-order chi connectivity index (χ0) is 50.0. The molecule has 1 aliphatic heterocycles. The Kier molecular flexibility index (Phi) is 15.9. The number of esters is 4. The van der Waals surface area contributed by atoms with Gasteiger partial charge < -0.3 is 53.4 Å². The van der Waals surface area contributed by atoms with Gasteiger partial charge in [-0.1, -0.05) is 62.4 Å². The second kappa shape index (κ2) is 20.2. The molecule has 2 bridgehead atoms. The quantitative estimate of drug-likeness (QED) is 0.143. The summed E-state index contributed by atoms with van der Waals surface area (Å²) in [7, 11) is 2.78. The Balaban J connectivity index is 0.00000111. The van der Waals surface area contributed by atoms with Crippen LogP contribution in [0.4, 0.5) is 4.79 Å². The van der Waals surface area contributed by atoms with E-state index in [0.717, 1.165) is 0 Å². The van der Waals surface area contributed by atoms with Crippen LogP contribution in [0.15, 0.2) is 71.8 Å². The van der Waals surface area contributed by atoms with E-state index in [9.17, 15) is 34.2 Å². The third-order valence-corrected chi connectivity index (χ3v) is 13.4. The summed E-state index contributed by atoms with van der Waals surface area (Å²) in [5.74, 6) is -4.74. The molecular weight excluding hydrogens is 871 g/mol. The number of rotatable bonds is 11. The molecule has 1 amide bonds. The van der Waals surface area contributed by atoms with E-state index < -0.39 is 112 Å². The molecule has 0 aromatic heterocycles. The molecule has 2 aromatic carbocycles. The third-order valence-electron chi connectivity index (χ3n) is 13.4. The monoisotopic (exact) mass is 937 g/mol. The predicted octanol–water partition coefficient (Wildman–Crippen LogP) is 5.53. The highest BCUT2D eigenvalue weighted by molar-refractivity contribution is 5.94. The largest absolute Gasteiger partial charge is 0.463 e. The molecule has 17 nitrogen and oxygen atoms in total. The molecule has 368 valence electrons. The molecule has 2 aromatic rings. The van der Waals surface area contributed by atoms with Crippen LogP contribution in [-0.2, 0) is 57.1 Å². The number of fused-ring (bicyclic) bond motifs is 5. The Labute approximate surface area is 392 Å². The fraction of sp³-hybridized carbons (Fsp3) is 0.600. The molecule has 2 saturated carbocycles. The van der Waals surface area contributed by atoms with Crippen LogP contribution in [0.1, 0.15) is 111 Å². The Morgan fingerprint density at radius 1 is 0.881 bits per heavy atom. The SMILES string of the molecule is CC(=O)OC(C)C.CO[C@H]1C(=O)[C@@]2(C)C([C@H](OC(=O)c3ccccc3)[C@]3(O)C[C@H](OC(=O)[C@H](O)[C@@H](NC(=O)OC(C)(C)C)c4ccccc4)C(C)=C1C3(C)C)[C@]1(OC(C)=O)CO[C@@H]1C[C@@H]2OC. The van der Waals surface area contributed by atoms with Crippen LogP contribution in [0.25, 0.3) is 0 Å². The molecule has 0 radical (unpaired) electrons. The maximum absolute atomic E-state index is 15.5. The Bertz CT molecular complexity index is 2180. The lowest BCUT2D eigenvalue weighted by atomic mass is 9.44. The van der Waals surface area contributed by atoms with Crippen molar-refractivity contribution in [2.24, 2.45) is 16.7 Å². The molecule has 67 heavy (non-hydrogen) atoms. The topological polar surface area (TPSA) is 229 Å². The summed E-state index contributed by atoms with van der Waals surface area (Å²) >= 11 is 0. The number of alkyl carbamates (subject to hydrolysis) is 1. The van der Waals surface area contributed by atoms with E-state index in [1.54, 1.807) is 109 Å². The number of aliphatic hydroxyl groups is 2. The molecule has 3 N–H and O–H groups in total. The second-order valence-corrected chi connectivity index (χ2v) is 19.7. The Morgan fingerprint density at radius 3 is 1.96 bits per heavy atom. The molecule has 11 atom stereocenters. The first-order valence-corrected chi connectivity index (χ1v) is 22.4. The normalized spacial score (nSPS) is 30.5. The zero-order valence-electron chi connectivity index (χ0n) is 40.7. The molecule has 1 heterocycles. The van der Waals surface area contributed by atoms with Gasteiger partial charge in [0.25, 0.3) is 0 Å². The van der Waals surface area contributed by atoms with Crippen molar-refractivity contribution in [3.8, 4) is 0 Å². The van der Waals surface area contributed by atoms with Crippen molar-refractivity contribution in [2.45, 2.75) is 155 Å². The molecule has 17 heteroatoms. The van der Waals surface area contributed by atoms with Crippen LogP contribution in [-0.4, -0.2) is 126 Å². The van der Waals surface area contributed by atoms with Gasteiger partial charge in [0.05, 0.1) is 41.8 Å². The first kappa shape index (κ1) is 52.8. The van der Waals surface area contributed by atoms with Gasteiger partial charge in [-0.15, -0.1) is 0 Å². The maximum atomic E-state index is 15.5. The first-order chi connectivity index (χ1) is 31.2. The molecular formula is C50H67NO16. The summed E-state index contributed by atoms with van der Waals surface area (Å²) in [5, 5.41) is 28.0. The number of ketones is 1. The highest BCUT2D eigenvalue weighted by Crippen LogP contribution is 2.64. The van der Waals surface area contributed by atoms with E-state index in [-0.39, 0.29) is 36.2 Å². The van der Waals surface area contributed by atoms with E-state index in [2.05, 4.69) is 10.1 Å². The van der Waals surface area contributed by atoms with Crippen LogP contribution in [0.3, 0.4) is 0 Å². The highest BCUT2D eigenvalue weighted by atomic mass is 16.6. The van der Waals surface area contributed by atoms with Gasteiger partial charge in [0, 0.05) is 46.3 Å². The Morgan fingerprint density at radius 2 is 1.48 bits per heavy atom. The first-order valence-electron chi connectivity index (χ1n) is 22.4. The molecule has 4 aliphatic rings. The number of hydrogen-bond donors (Lipinski definition) is 3. The maximum Gasteiger partial charge on any atom is 0.408 e. The minimum absolute atomic E-state index is 0.0255. The Hall–Kier alpha value is -5.20. The summed E-state index contributed by atoms with van der Waals surface area (Å²) in [5.41, 5.74) is -6.72. The average molecular weight is 938 g/mol. The lowest BCUT2D eigenvalue weighted by Crippen LogP contribution is -2.82. The van der Waals surface area contributed by atoms with Crippen molar-refractivity contribution in [1.29, 1.82) is 0 Å². The number of hydrogen-bond acceptors (Lipinski definition) is 16. The van der Waals surface area contributed by atoms with Gasteiger partial charge in [0.15, 0.2) is 17.5 Å². The van der Waals surface area contributed by atoms with Gasteiger partial charge in [-0.2, -0.15) is 0 Å². The number of aliphatic hydroxyl groups excluding tert-OH is 1. The number of methoxy groups -OCH3 is 2. The van der Waals surface area contributed by atoms with Crippen molar-refractivity contribution in [1.82, 2.24) is 5.32 Å².